The smallest absolute Gasteiger partial charge is 0.255 e. The van der Waals surface area contributed by atoms with Crippen molar-refractivity contribution in [2.45, 2.75) is 8.48 Å². The minimum Gasteiger partial charge on any atom is -0.303 e. The van der Waals surface area contributed by atoms with E-state index in [1.54, 1.807) is 12.1 Å². The van der Waals surface area contributed by atoms with E-state index in [0.717, 1.165) is 5.56 Å². The number of nitrogens with zero attached hydrogens (tertiary/aromatic N) is 1. The van der Waals surface area contributed by atoms with Crippen LogP contribution in [-0.4, -0.2) is 14.7 Å². The van der Waals surface area contributed by atoms with Crippen LogP contribution in [0.4, 0.5) is 5.69 Å². The van der Waals surface area contributed by atoms with Crippen molar-refractivity contribution in [2.24, 2.45) is 4.99 Å². The molecule has 2 atom stereocenters. The number of amides is 1. The highest BCUT2D eigenvalue weighted by atomic mass is 79.9. The molecular formula is C16H11Br2ClN2OS. The number of alkyl halides is 2. The summed E-state index contributed by atoms with van der Waals surface area (Å²) in [6.07, 6.45) is 0. The molecule has 0 bridgehead atoms. The molecule has 1 aliphatic heterocycles. The van der Waals surface area contributed by atoms with Crippen molar-refractivity contribution in [3.63, 3.8) is 0 Å². The van der Waals surface area contributed by atoms with Crippen molar-refractivity contribution in [1.29, 1.82) is 0 Å². The minimum absolute atomic E-state index is 0.154. The van der Waals surface area contributed by atoms with Crippen molar-refractivity contribution in [3.8, 4) is 0 Å². The van der Waals surface area contributed by atoms with Gasteiger partial charge >= 0.3 is 0 Å². The van der Waals surface area contributed by atoms with E-state index in [2.05, 4.69) is 42.2 Å². The Morgan fingerprint density at radius 1 is 1.13 bits per heavy atom. The summed E-state index contributed by atoms with van der Waals surface area (Å²) in [5, 5.41) is 3.87. The second kappa shape index (κ2) is 6.97. The normalized spacial score (nSPS) is 23.8. The molecule has 1 saturated heterocycles. The van der Waals surface area contributed by atoms with Gasteiger partial charge in [-0.2, -0.15) is 0 Å². The third kappa shape index (κ3) is 3.50. The Balaban J connectivity index is 1.89. The third-order valence-corrected chi connectivity index (χ3v) is 8.13. The van der Waals surface area contributed by atoms with Crippen LogP contribution in [0, 0.1) is 0 Å². The summed E-state index contributed by atoms with van der Waals surface area (Å²) in [6.45, 7) is 0. The number of halogens is 3. The lowest BCUT2D eigenvalue weighted by Gasteiger charge is -2.23. The molecule has 0 saturated carbocycles. The summed E-state index contributed by atoms with van der Waals surface area (Å²) in [6, 6.07) is 17.0. The molecule has 0 radical (unpaired) electrons. The molecule has 3 nitrogen and oxygen atoms in total. The Labute approximate surface area is 160 Å². The predicted molar refractivity (Wildman–Crippen MR) is 104 cm³/mol. The van der Waals surface area contributed by atoms with Gasteiger partial charge in [-0.25, -0.2) is 4.99 Å². The van der Waals surface area contributed by atoms with Crippen molar-refractivity contribution < 1.29 is 4.79 Å². The molecule has 0 spiro atoms. The fourth-order valence-corrected chi connectivity index (χ4v) is 4.85. The van der Waals surface area contributed by atoms with Gasteiger partial charge in [-0.15, -0.1) is 0 Å². The quantitative estimate of drug-likeness (QED) is 0.604. The fraction of sp³-hybridized carbons (Fsp3) is 0.125. The zero-order chi connectivity index (χ0) is 16.4. The number of nitrogens with one attached hydrogen (secondary N) is 1. The Bertz CT molecular complexity index is 772. The summed E-state index contributed by atoms with van der Waals surface area (Å²) in [4.78, 5) is 16.7. The van der Waals surface area contributed by atoms with Gasteiger partial charge in [-0.3, -0.25) is 4.79 Å². The first kappa shape index (κ1) is 17.0. The number of hydrogen-bond acceptors (Lipinski definition) is 3. The molecule has 7 heteroatoms. The zero-order valence-corrected chi connectivity index (χ0v) is 16.4. The highest BCUT2D eigenvalue weighted by Gasteiger charge is 2.50. The fourth-order valence-electron chi connectivity index (χ4n) is 2.10. The van der Waals surface area contributed by atoms with Crippen LogP contribution in [0.5, 0.6) is 0 Å². The number of thioether (sulfide) groups is 1. The molecular weight excluding hydrogens is 464 g/mol. The van der Waals surface area contributed by atoms with E-state index in [1.165, 1.54) is 11.8 Å². The first-order valence-electron chi connectivity index (χ1n) is 6.72. The second-order valence-corrected chi connectivity index (χ2v) is 9.18. The molecule has 118 valence electrons. The van der Waals surface area contributed by atoms with Gasteiger partial charge in [0.1, 0.15) is 0 Å². The SMILES string of the molecule is O=C1NC(=Nc2ccccc2Cl)SC1(Br)C(Br)c1ccccc1. The van der Waals surface area contributed by atoms with E-state index in [9.17, 15) is 4.79 Å². The van der Waals surface area contributed by atoms with Crippen molar-refractivity contribution in [2.75, 3.05) is 0 Å². The lowest BCUT2D eigenvalue weighted by molar-refractivity contribution is -0.119. The van der Waals surface area contributed by atoms with Crippen LogP contribution in [0.1, 0.15) is 10.4 Å². The highest BCUT2D eigenvalue weighted by molar-refractivity contribution is 9.14. The third-order valence-electron chi connectivity index (χ3n) is 3.27. The number of carbonyl (C=O) groups is 1. The summed E-state index contributed by atoms with van der Waals surface area (Å²) < 4.78 is -0.867. The first-order chi connectivity index (χ1) is 11.0. The van der Waals surface area contributed by atoms with Gasteiger partial charge in [0, 0.05) is 0 Å². The van der Waals surface area contributed by atoms with Gasteiger partial charge in [0.15, 0.2) is 8.82 Å². The van der Waals surface area contributed by atoms with E-state index in [-0.39, 0.29) is 10.7 Å². The van der Waals surface area contributed by atoms with Gasteiger partial charge in [0.05, 0.1) is 15.5 Å². The van der Waals surface area contributed by atoms with Gasteiger partial charge in [-0.05, 0) is 17.7 Å². The predicted octanol–water partition coefficient (Wildman–Crippen LogP) is 5.42. The summed E-state index contributed by atoms with van der Waals surface area (Å²) in [7, 11) is 0. The highest BCUT2D eigenvalue weighted by Crippen LogP contribution is 2.51. The van der Waals surface area contributed by atoms with E-state index < -0.39 is 3.66 Å². The van der Waals surface area contributed by atoms with E-state index in [0.29, 0.717) is 15.9 Å². The van der Waals surface area contributed by atoms with Crippen LogP contribution in [0.25, 0.3) is 0 Å². The largest absolute Gasteiger partial charge is 0.303 e. The van der Waals surface area contributed by atoms with Crippen molar-refractivity contribution in [1.82, 2.24) is 5.32 Å². The molecule has 3 rings (SSSR count). The number of rotatable bonds is 3. The Hall–Kier alpha value is -0.820. The molecule has 1 amide bonds. The van der Waals surface area contributed by atoms with Crippen LogP contribution in [-0.2, 0) is 4.79 Å². The molecule has 1 heterocycles. The number of benzene rings is 2. The molecule has 2 aromatic rings. The number of hydrogen-bond donors (Lipinski definition) is 1. The van der Waals surface area contributed by atoms with E-state index in [1.807, 2.05) is 42.5 Å². The number of para-hydroxylation sites is 1. The summed E-state index contributed by atoms with van der Waals surface area (Å²) >= 11 is 14.6. The Morgan fingerprint density at radius 2 is 1.78 bits per heavy atom. The lowest BCUT2D eigenvalue weighted by Crippen LogP contribution is -2.34. The molecule has 1 aliphatic rings. The lowest BCUT2D eigenvalue weighted by atomic mass is 10.1. The average Bonchev–Trinajstić information content (AvgIpc) is 2.85. The topological polar surface area (TPSA) is 41.5 Å². The van der Waals surface area contributed by atoms with Gasteiger partial charge < -0.3 is 5.32 Å². The molecule has 1 fully saturated rings. The van der Waals surface area contributed by atoms with Gasteiger partial charge in [0.2, 0.25) is 0 Å². The Kier molecular flexibility index (Phi) is 5.16. The Morgan fingerprint density at radius 3 is 2.48 bits per heavy atom. The molecule has 2 aromatic carbocycles. The van der Waals surface area contributed by atoms with Gasteiger partial charge in [-0.1, -0.05) is 97.7 Å². The first-order valence-corrected chi connectivity index (χ1v) is 9.62. The number of amidine groups is 1. The van der Waals surface area contributed by atoms with Crippen LogP contribution < -0.4 is 5.32 Å². The monoisotopic (exact) mass is 472 g/mol. The maximum atomic E-state index is 12.5. The van der Waals surface area contributed by atoms with Crippen LogP contribution in [0.3, 0.4) is 0 Å². The number of carbonyl (C=O) groups excluding carboxylic acids is 1. The van der Waals surface area contributed by atoms with Crippen molar-refractivity contribution >= 4 is 72.0 Å². The summed E-state index contributed by atoms with van der Waals surface area (Å²) in [5.74, 6) is -0.154. The molecule has 1 N–H and O–H groups in total. The van der Waals surface area contributed by atoms with E-state index >= 15 is 0 Å². The van der Waals surface area contributed by atoms with Crippen LogP contribution in [0.15, 0.2) is 59.6 Å². The molecule has 0 aromatic heterocycles. The number of aliphatic imine (C=N–C) groups is 1. The molecule has 23 heavy (non-hydrogen) atoms. The zero-order valence-electron chi connectivity index (χ0n) is 11.7. The second-order valence-electron chi connectivity index (χ2n) is 4.84. The van der Waals surface area contributed by atoms with Crippen LogP contribution >= 0.6 is 55.2 Å². The standard InChI is InChI=1S/C16H11Br2ClN2OS/c17-13(10-6-2-1-3-7-10)16(18)14(22)21-15(23-16)20-12-9-5-4-8-11(12)19/h1-9,13H,(H,20,21,22). The molecule has 0 aliphatic carbocycles. The van der Waals surface area contributed by atoms with Crippen molar-refractivity contribution in [3.05, 3.63) is 65.2 Å². The minimum atomic E-state index is -0.867. The maximum absolute atomic E-state index is 12.5. The average molecular weight is 475 g/mol. The molecule has 2 unspecified atom stereocenters. The maximum Gasteiger partial charge on any atom is 0.255 e. The van der Waals surface area contributed by atoms with E-state index in [4.69, 9.17) is 11.6 Å². The summed E-state index contributed by atoms with van der Waals surface area (Å²) in [5.41, 5.74) is 1.63. The van der Waals surface area contributed by atoms with Crippen LogP contribution in [0.2, 0.25) is 5.02 Å². The van der Waals surface area contributed by atoms with Gasteiger partial charge in [0.25, 0.3) is 5.91 Å².